The highest BCUT2D eigenvalue weighted by molar-refractivity contribution is 7.46. The second kappa shape index (κ2) is 22.4. The number of benzene rings is 1. The number of carbonyl (C=O) groups excluding carboxylic acids is 8. The molecule has 1 unspecified atom stereocenters. The smallest absolute Gasteiger partial charge is 0.404 e. The van der Waals surface area contributed by atoms with Gasteiger partial charge in [0.2, 0.25) is 47.3 Å². The van der Waals surface area contributed by atoms with E-state index in [1.165, 1.54) is 45.0 Å². The molecule has 21 nitrogen and oxygen atoms in total. The van der Waals surface area contributed by atoms with Crippen molar-refractivity contribution >= 4 is 55.1 Å². The van der Waals surface area contributed by atoms with Gasteiger partial charge in [-0.15, -0.1) is 0 Å². The average Bonchev–Trinajstić information content (AvgIpc) is 3.06. The van der Waals surface area contributed by atoms with Gasteiger partial charge in [-0.2, -0.15) is 0 Å². The van der Waals surface area contributed by atoms with Crippen LogP contribution in [0.5, 0.6) is 5.75 Å². The number of phosphoric ester groups is 1. The van der Waals surface area contributed by atoms with Gasteiger partial charge in [-0.25, -0.2) is 4.57 Å². The van der Waals surface area contributed by atoms with Crippen molar-refractivity contribution < 1.29 is 62.3 Å². The Morgan fingerprint density at radius 3 is 1.68 bits per heavy atom. The normalized spacial score (nSPS) is 15.1. The van der Waals surface area contributed by atoms with E-state index in [1.54, 1.807) is 27.7 Å². The maximum Gasteiger partial charge on any atom is 0.524 e. The largest absolute Gasteiger partial charge is 0.524 e. The third-order valence-corrected chi connectivity index (χ3v) is 8.47. The van der Waals surface area contributed by atoms with Gasteiger partial charge >= 0.3 is 7.82 Å². The van der Waals surface area contributed by atoms with Crippen LogP contribution in [0.2, 0.25) is 0 Å². The lowest BCUT2D eigenvalue weighted by Gasteiger charge is -2.28. The van der Waals surface area contributed by atoms with E-state index in [0.29, 0.717) is 5.56 Å². The number of hydrogen-bond acceptors (Lipinski definition) is 11. The molecular formula is C34H55N8O13P. The van der Waals surface area contributed by atoms with Crippen molar-refractivity contribution in [2.24, 2.45) is 23.3 Å². The van der Waals surface area contributed by atoms with Gasteiger partial charge in [-0.3, -0.25) is 48.1 Å². The Morgan fingerprint density at radius 1 is 0.696 bits per heavy atom. The SMILES string of the molecule is CC(=O)N[C@@H](Cc1ccc(OP(=O)(O)O)cc1)C(=O)N[C@@H](CC(C)C)C(=O)NC(C)C(=O)N[C@@H](CCC(N)=O)C(=O)N[C@H](C(=O)N[C@H](C(N)=O)C(C)C)[C@@H](C)O. The summed E-state index contributed by atoms with van der Waals surface area (Å²) in [5, 5.41) is 24.9. The van der Waals surface area contributed by atoms with E-state index in [2.05, 4.69) is 36.4 Å². The van der Waals surface area contributed by atoms with Crippen molar-refractivity contribution in [3.8, 4) is 5.75 Å². The number of hydrogen-bond donors (Lipinski definition) is 11. The van der Waals surface area contributed by atoms with E-state index in [4.69, 9.17) is 21.3 Å². The molecule has 1 rings (SSSR count). The number of nitrogens with two attached hydrogens (primary N) is 2. The highest BCUT2D eigenvalue weighted by atomic mass is 31.2. The minimum absolute atomic E-state index is 0.0903. The van der Waals surface area contributed by atoms with Crippen molar-refractivity contribution in [2.45, 2.75) is 117 Å². The molecule has 0 heterocycles. The fourth-order valence-electron chi connectivity index (χ4n) is 5.19. The first-order chi connectivity index (χ1) is 25.8. The first kappa shape index (κ1) is 48.9. The van der Waals surface area contributed by atoms with Crippen LogP contribution >= 0.6 is 7.82 Å². The van der Waals surface area contributed by atoms with Gasteiger partial charge in [-0.05, 0) is 56.2 Å². The number of primary amides is 2. The highest BCUT2D eigenvalue weighted by Crippen LogP contribution is 2.37. The minimum Gasteiger partial charge on any atom is -0.404 e. The maximum atomic E-state index is 13.5. The molecule has 1 aromatic carbocycles. The van der Waals surface area contributed by atoms with Crippen LogP contribution in [0.15, 0.2) is 24.3 Å². The van der Waals surface area contributed by atoms with Crippen molar-refractivity contribution in [2.75, 3.05) is 0 Å². The molecule has 0 aliphatic carbocycles. The second-order valence-electron chi connectivity index (χ2n) is 14.0. The quantitative estimate of drug-likeness (QED) is 0.0509. The molecule has 0 aliphatic heterocycles. The number of nitrogens with one attached hydrogen (secondary N) is 6. The molecule has 314 valence electrons. The minimum atomic E-state index is -4.81. The molecular weight excluding hydrogens is 759 g/mol. The van der Waals surface area contributed by atoms with E-state index in [1.807, 2.05) is 0 Å². The lowest BCUT2D eigenvalue weighted by Crippen LogP contribution is -2.61. The van der Waals surface area contributed by atoms with E-state index in [9.17, 15) is 48.0 Å². The van der Waals surface area contributed by atoms with E-state index in [-0.39, 0.29) is 37.4 Å². The first-order valence-electron chi connectivity index (χ1n) is 17.7. The zero-order chi connectivity index (χ0) is 43.1. The molecule has 0 aliphatic rings. The third-order valence-electron chi connectivity index (χ3n) is 8.02. The van der Waals surface area contributed by atoms with Gasteiger partial charge in [0.1, 0.15) is 42.0 Å². The molecule has 8 amide bonds. The first-order valence-corrected chi connectivity index (χ1v) is 19.2. The Kier molecular flexibility index (Phi) is 19.6. The lowest BCUT2D eigenvalue weighted by molar-refractivity contribution is -0.136. The molecule has 13 N–H and O–H groups in total. The topological polar surface area (TPSA) is 348 Å². The molecule has 22 heteroatoms. The number of phosphoric acid groups is 1. The molecule has 0 aromatic heterocycles. The van der Waals surface area contributed by atoms with Crippen LogP contribution in [0.3, 0.4) is 0 Å². The summed E-state index contributed by atoms with van der Waals surface area (Å²) in [6.45, 7) is 10.4. The van der Waals surface area contributed by atoms with Crippen LogP contribution in [-0.2, 0) is 49.3 Å². The van der Waals surface area contributed by atoms with Gasteiger partial charge in [0, 0.05) is 19.8 Å². The van der Waals surface area contributed by atoms with Gasteiger partial charge in [-0.1, -0.05) is 39.8 Å². The molecule has 0 saturated heterocycles. The Balaban J connectivity index is 3.16. The lowest BCUT2D eigenvalue weighted by atomic mass is 10.0. The number of aliphatic hydroxyl groups is 1. The average molecular weight is 815 g/mol. The van der Waals surface area contributed by atoms with E-state index in [0.717, 1.165) is 0 Å². The van der Waals surface area contributed by atoms with Crippen LogP contribution in [-0.4, -0.2) is 105 Å². The Hall–Kier alpha value is -5.11. The van der Waals surface area contributed by atoms with Crippen molar-refractivity contribution in [1.82, 2.24) is 31.9 Å². The monoisotopic (exact) mass is 814 g/mol. The van der Waals surface area contributed by atoms with Gasteiger partial charge in [0.05, 0.1) is 6.10 Å². The molecule has 0 spiro atoms. The zero-order valence-electron chi connectivity index (χ0n) is 32.4. The predicted octanol–water partition coefficient (Wildman–Crippen LogP) is -2.52. The van der Waals surface area contributed by atoms with Crippen molar-refractivity contribution in [3.63, 3.8) is 0 Å². The third kappa shape index (κ3) is 18.0. The molecule has 0 bridgehead atoms. The Labute approximate surface area is 324 Å². The van der Waals surface area contributed by atoms with Crippen molar-refractivity contribution in [1.29, 1.82) is 0 Å². The fourth-order valence-corrected chi connectivity index (χ4v) is 5.59. The van der Waals surface area contributed by atoms with Crippen molar-refractivity contribution in [3.05, 3.63) is 29.8 Å². The summed E-state index contributed by atoms with van der Waals surface area (Å²) >= 11 is 0. The number of carbonyl (C=O) groups is 8. The fraction of sp³-hybridized carbons (Fsp3) is 0.588. The van der Waals surface area contributed by atoms with Crippen LogP contribution in [0, 0.1) is 11.8 Å². The number of aliphatic hydroxyl groups excluding tert-OH is 1. The van der Waals surface area contributed by atoms with E-state index >= 15 is 0 Å². The molecule has 0 radical (unpaired) electrons. The number of amides is 8. The Bertz CT molecular complexity index is 1620. The van der Waals surface area contributed by atoms with Gasteiger partial charge in [0.15, 0.2) is 0 Å². The molecule has 56 heavy (non-hydrogen) atoms. The summed E-state index contributed by atoms with van der Waals surface area (Å²) in [7, 11) is -4.81. The van der Waals surface area contributed by atoms with Crippen LogP contribution in [0.4, 0.5) is 0 Å². The summed E-state index contributed by atoms with van der Waals surface area (Å²) in [5.41, 5.74) is 11.1. The summed E-state index contributed by atoms with van der Waals surface area (Å²) < 4.78 is 15.6. The molecule has 0 fully saturated rings. The van der Waals surface area contributed by atoms with Crippen LogP contribution in [0.1, 0.15) is 73.3 Å². The summed E-state index contributed by atoms with van der Waals surface area (Å²) in [5.74, 6) is -7.38. The van der Waals surface area contributed by atoms with Gasteiger partial charge < -0.3 is 53.0 Å². The Morgan fingerprint density at radius 2 is 1.21 bits per heavy atom. The molecule has 7 atom stereocenters. The summed E-state index contributed by atoms with van der Waals surface area (Å²) in [4.78, 5) is 120. The zero-order valence-corrected chi connectivity index (χ0v) is 33.3. The predicted molar refractivity (Wildman–Crippen MR) is 199 cm³/mol. The van der Waals surface area contributed by atoms with Crippen LogP contribution in [0.25, 0.3) is 0 Å². The highest BCUT2D eigenvalue weighted by Gasteiger charge is 2.34. The number of rotatable bonds is 23. The second-order valence-corrected chi connectivity index (χ2v) is 15.2. The summed E-state index contributed by atoms with van der Waals surface area (Å²) in [6, 6.07) is -2.63. The summed E-state index contributed by atoms with van der Waals surface area (Å²) in [6.07, 6.45) is -2.21. The standard InChI is InChI=1S/C34H55N8O13P/c1-16(2)14-24(40-33(50)25(38-20(7)44)15-21-8-10-22(11-9-21)55-56(52,53)54)32(49)37-18(5)30(47)39-23(12-13-26(35)45)31(48)42-28(19(6)43)34(51)41-27(17(3)4)29(36)46/h8-11,16-19,23-25,27-28,43H,12-15H2,1-7H3,(H2,35,45)(H2,36,46)(H,37,49)(H,38,44)(H,39,47)(H,40,50)(H,41,51)(H,42,48)(H2,52,53,54)/t18?,19-,23+,24+,25+,27+,28+/m1/s1. The molecule has 0 saturated carbocycles. The molecule has 1 aromatic rings. The van der Waals surface area contributed by atoms with Crippen LogP contribution < -0.4 is 47.9 Å². The maximum absolute atomic E-state index is 13.5. The van der Waals surface area contributed by atoms with E-state index < -0.39 is 103 Å². The van der Waals surface area contributed by atoms with Gasteiger partial charge in [0.25, 0.3) is 0 Å².